The van der Waals surface area contributed by atoms with Gasteiger partial charge in [-0.25, -0.2) is 15.0 Å². The van der Waals surface area contributed by atoms with Crippen LogP contribution in [0.25, 0.3) is 11.2 Å². The molecule has 0 amide bonds. The summed E-state index contributed by atoms with van der Waals surface area (Å²) in [4.78, 5) is 12.1. The highest BCUT2D eigenvalue weighted by atomic mass is 16.6. The molecule has 2 aromatic rings. The average Bonchev–Trinajstić information content (AvgIpc) is 3.05. The molecule has 2 aromatic heterocycles. The summed E-state index contributed by atoms with van der Waals surface area (Å²) in [6.07, 6.45) is 0.488. The smallest absolute Gasteiger partial charge is 0.167 e. The Labute approximate surface area is 127 Å². The van der Waals surface area contributed by atoms with Gasteiger partial charge in [-0.1, -0.05) is 6.92 Å². The molecule has 0 spiro atoms. The third kappa shape index (κ3) is 2.52. The van der Waals surface area contributed by atoms with Crippen LogP contribution in [0.2, 0.25) is 0 Å². The van der Waals surface area contributed by atoms with Crippen LogP contribution in [0.5, 0.6) is 0 Å². The Hall–Kier alpha value is -1.81. The van der Waals surface area contributed by atoms with Crippen molar-refractivity contribution in [3.63, 3.8) is 0 Å². The second-order valence-electron chi connectivity index (χ2n) is 5.33. The van der Waals surface area contributed by atoms with E-state index in [1.807, 2.05) is 0 Å². The first-order chi connectivity index (χ1) is 10.6. The van der Waals surface area contributed by atoms with Crippen LogP contribution in [0.3, 0.4) is 0 Å². The molecule has 1 aliphatic heterocycles. The summed E-state index contributed by atoms with van der Waals surface area (Å²) in [6.45, 7) is 3.34. The number of aliphatic hydroxyl groups is 2. The van der Waals surface area contributed by atoms with Gasteiger partial charge < -0.3 is 26.0 Å². The van der Waals surface area contributed by atoms with E-state index in [9.17, 15) is 10.2 Å². The number of fused-ring (bicyclic) bond motifs is 1. The predicted molar refractivity (Wildman–Crippen MR) is 78.8 cm³/mol. The number of nitrogens with two attached hydrogens (primary N) is 1. The highest BCUT2D eigenvalue weighted by Crippen LogP contribution is 2.31. The van der Waals surface area contributed by atoms with E-state index in [0.29, 0.717) is 17.7 Å². The Kier molecular flexibility index (Phi) is 4.21. The number of hydrogen-bond donors (Lipinski definition) is 4. The number of nitrogens with zero attached hydrogens (tertiary/aromatic N) is 4. The fourth-order valence-electron chi connectivity index (χ4n) is 2.61. The molecule has 120 valence electrons. The summed E-state index contributed by atoms with van der Waals surface area (Å²) in [5.74, 6) is 0.262. The topological polar surface area (TPSA) is 131 Å². The van der Waals surface area contributed by atoms with Crippen molar-refractivity contribution >= 4 is 17.0 Å². The predicted octanol–water partition coefficient (Wildman–Crippen LogP) is -0.973. The standard InChI is InChI=1S/C13H20N6O3/c1-2-3-15-4-7-9(20)10(21)13(22-7)19-6-18-8-11(14)16-5-17-12(8)19/h5-7,9-10,13,15,20-21H,2-4H2,1H3,(H2,14,16,17). The highest BCUT2D eigenvalue weighted by Gasteiger charge is 2.44. The van der Waals surface area contributed by atoms with Crippen molar-refractivity contribution in [1.82, 2.24) is 24.8 Å². The summed E-state index contributed by atoms with van der Waals surface area (Å²) in [5.41, 5.74) is 6.66. The molecule has 3 rings (SSSR count). The number of aliphatic hydroxyl groups excluding tert-OH is 2. The van der Waals surface area contributed by atoms with Gasteiger partial charge in [0.1, 0.15) is 30.2 Å². The van der Waals surface area contributed by atoms with Crippen LogP contribution in [0.1, 0.15) is 19.6 Å². The number of anilines is 1. The van der Waals surface area contributed by atoms with Gasteiger partial charge in [-0.2, -0.15) is 0 Å². The number of hydrogen-bond acceptors (Lipinski definition) is 8. The minimum atomic E-state index is -1.07. The van der Waals surface area contributed by atoms with E-state index in [4.69, 9.17) is 10.5 Å². The molecule has 1 saturated heterocycles. The molecule has 4 atom stereocenters. The lowest BCUT2D eigenvalue weighted by Crippen LogP contribution is -2.37. The fraction of sp³-hybridized carbons (Fsp3) is 0.615. The number of ether oxygens (including phenoxy) is 1. The lowest BCUT2D eigenvalue weighted by molar-refractivity contribution is -0.0341. The van der Waals surface area contributed by atoms with E-state index in [2.05, 4.69) is 27.2 Å². The minimum absolute atomic E-state index is 0.262. The van der Waals surface area contributed by atoms with Crippen molar-refractivity contribution in [2.45, 2.75) is 37.9 Å². The van der Waals surface area contributed by atoms with E-state index in [1.54, 1.807) is 4.57 Å². The number of nitrogen functional groups attached to an aromatic ring is 1. The molecular weight excluding hydrogens is 288 g/mol. The van der Waals surface area contributed by atoms with Gasteiger partial charge in [0.05, 0.1) is 6.33 Å². The van der Waals surface area contributed by atoms with Gasteiger partial charge in [0, 0.05) is 6.54 Å². The van der Waals surface area contributed by atoms with Crippen LogP contribution in [-0.2, 0) is 4.74 Å². The van der Waals surface area contributed by atoms with Crippen molar-refractivity contribution in [3.8, 4) is 0 Å². The quantitative estimate of drug-likeness (QED) is 0.519. The maximum atomic E-state index is 10.3. The van der Waals surface area contributed by atoms with Crippen molar-refractivity contribution in [2.24, 2.45) is 0 Å². The molecule has 1 fully saturated rings. The molecule has 0 radical (unpaired) electrons. The van der Waals surface area contributed by atoms with Crippen LogP contribution in [0.4, 0.5) is 5.82 Å². The summed E-state index contributed by atoms with van der Waals surface area (Å²) < 4.78 is 7.35. The first-order valence-corrected chi connectivity index (χ1v) is 7.28. The maximum Gasteiger partial charge on any atom is 0.167 e. The van der Waals surface area contributed by atoms with Crippen LogP contribution in [-0.4, -0.2) is 61.1 Å². The third-order valence-corrected chi connectivity index (χ3v) is 3.77. The zero-order valence-electron chi connectivity index (χ0n) is 12.3. The molecule has 0 bridgehead atoms. The Morgan fingerprint density at radius 1 is 1.32 bits per heavy atom. The number of rotatable bonds is 5. The van der Waals surface area contributed by atoms with E-state index >= 15 is 0 Å². The van der Waals surface area contributed by atoms with E-state index in [1.165, 1.54) is 12.7 Å². The highest BCUT2D eigenvalue weighted by molar-refractivity contribution is 5.81. The monoisotopic (exact) mass is 308 g/mol. The molecule has 1 aliphatic rings. The molecule has 9 heteroatoms. The van der Waals surface area contributed by atoms with Crippen LogP contribution < -0.4 is 11.1 Å². The maximum absolute atomic E-state index is 10.3. The van der Waals surface area contributed by atoms with Gasteiger partial charge >= 0.3 is 0 Å². The summed E-state index contributed by atoms with van der Waals surface area (Å²) >= 11 is 0. The molecule has 3 heterocycles. The zero-order valence-corrected chi connectivity index (χ0v) is 12.3. The summed E-state index contributed by atoms with van der Waals surface area (Å²) in [5, 5.41) is 23.6. The largest absolute Gasteiger partial charge is 0.387 e. The summed E-state index contributed by atoms with van der Waals surface area (Å²) in [6, 6.07) is 0. The summed E-state index contributed by atoms with van der Waals surface area (Å²) in [7, 11) is 0. The molecule has 0 aliphatic carbocycles. The van der Waals surface area contributed by atoms with Crippen LogP contribution in [0.15, 0.2) is 12.7 Å². The van der Waals surface area contributed by atoms with Gasteiger partial charge in [-0.3, -0.25) is 4.57 Å². The van der Waals surface area contributed by atoms with Crippen molar-refractivity contribution in [3.05, 3.63) is 12.7 Å². The van der Waals surface area contributed by atoms with Gasteiger partial charge in [0.25, 0.3) is 0 Å². The van der Waals surface area contributed by atoms with E-state index in [0.717, 1.165) is 13.0 Å². The molecule has 0 saturated carbocycles. The van der Waals surface area contributed by atoms with Crippen molar-refractivity contribution in [2.75, 3.05) is 18.8 Å². The second-order valence-corrected chi connectivity index (χ2v) is 5.33. The average molecular weight is 308 g/mol. The molecular formula is C13H20N6O3. The zero-order chi connectivity index (χ0) is 15.7. The van der Waals surface area contributed by atoms with Gasteiger partial charge in [-0.05, 0) is 13.0 Å². The molecule has 0 aromatic carbocycles. The van der Waals surface area contributed by atoms with Gasteiger partial charge in [-0.15, -0.1) is 0 Å². The lowest BCUT2D eigenvalue weighted by atomic mass is 10.1. The second kappa shape index (κ2) is 6.13. The minimum Gasteiger partial charge on any atom is -0.387 e. The first-order valence-electron chi connectivity index (χ1n) is 7.28. The number of nitrogens with one attached hydrogen (secondary N) is 1. The first kappa shape index (κ1) is 15.1. The van der Waals surface area contributed by atoms with Gasteiger partial charge in [0.15, 0.2) is 17.7 Å². The van der Waals surface area contributed by atoms with Gasteiger partial charge in [0.2, 0.25) is 0 Å². The number of aromatic nitrogens is 4. The lowest BCUT2D eigenvalue weighted by Gasteiger charge is -2.16. The third-order valence-electron chi connectivity index (χ3n) is 3.77. The molecule has 5 N–H and O–H groups in total. The Bertz CT molecular complexity index is 648. The molecule has 9 nitrogen and oxygen atoms in total. The Balaban J connectivity index is 1.83. The molecule has 22 heavy (non-hydrogen) atoms. The number of imidazole rings is 1. The fourth-order valence-corrected chi connectivity index (χ4v) is 2.61. The normalized spacial score (nSPS) is 28.5. The Morgan fingerprint density at radius 2 is 2.14 bits per heavy atom. The van der Waals surface area contributed by atoms with Crippen molar-refractivity contribution < 1.29 is 14.9 Å². The van der Waals surface area contributed by atoms with E-state index in [-0.39, 0.29) is 5.82 Å². The van der Waals surface area contributed by atoms with Crippen LogP contribution in [0, 0.1) is 0 Å². The van der Waals surface area contributed by atoms with Crippen LogP contribution >= 0.6 is 0 Å². The van der Waals surface area contributed by atoms with E-state index < -0.39 is 24.5 Å². The Morgan fingerprint density at radius 3 is 2.91 bits per heavy atom. The SMILES string of the molecule is CCCNCC1OC(n2cnc3c(N)ncnc32)C(O)C1O. The molecule has 4 unspecified atom stereocenters. The van der Waals surface area contributed by atoms with Crippen molar-refractivity contribution in [1.29, 1.82) is 0 Å².